The van der Waals surface area contributed by atoms with Crippen molar-refractivity contribution >= 4 is 11.9 Å². The van der Waals surface area contributed by atoms with Gasteiger partial charge in [0.25, 0.3) is 0 Å². The molecule has 0 aliphatic rings. The highest BCUT2D eigenvalue weighted by atomic mass is 19.1. The number of carbonyl (C=O) groups is 2. The van der Waals surface area contributed by atoms with Gasteiger partial charge in [-0.05, 0) is 70.5 Å². The Hall–Kier alpha value is -5.25. The Morgan fingerprint density at radius 1 is 0.577 bits per heavy atom. The molecule has 0 bridgehead atoms. The molecule has 2 N–H and O–H groups in total. The molecule has 52 heavy (non-hydrogen) atoms. The summed E-state index contributed by atoms with van der Waals surface area (Å²) in [7, 11) is 0. The zero-order valence-electron chi connectivity index (χ0n) is 29.7. The van der Waals surface area contributed by atoms with Gasteiger partial charge in [-0.1, -0.05) is 106 Å². The number of carbonyl (C=O) groups excluding carboxylic acids is 2. The van der Waals surface area contributed by atoms with Gasteiger partial charge >= 0.3 is 11.9 Å². The van der Waals surface area contributed by atoms with Crippen LogP contribution >= 0.6 is 0 Å². The van der Waals surface area contributed by atoms with Gasteiger partial charge in [0.15, 0.2) is 0 Å². The van der Waals surface area contributed by atoms with Crippen molar-refractivity contribution in [3.63, 3.8) is 0 Å². The molecular weight excluding hydrogens is 663 g/mol. The third kappa shape index (κ3) is 11.4. The van der Waals surface area contributed by atoms with E-state index in [9.17, 15) is 9.59 Å². The summed E-state index contributed by atoms with van der Waals surface area (Å²) in [6.07, 6.45) is 5.98. The van der Waals surface area contributed by atoms with Gasteiger partial charge in [0.1, 0.15) is 43.7 Å². The Labute approximate surface area is 305 Å². The van der Waals surface area contributed by atoms with Crippen LogP contribution in [0.1, 0.15) is 44.6 Å². The van der Waals surface area contributed by atoms with Gasteiger partial charge in [0.2, 0.25) is 0 Å². The largest absolute Gasteiger partial charge is 0.490 e. The van der Waals surface area contributed by atoms with Crippen LogP contribution in [0.2, 0.25) is 0 Å². The third-order valence-electron chi connectivity index (χ3n) is 8.45. The monoisotopic (exact) mass is 710 g/mol. The van der Waals surface area contributed by atoms with Crippen molar-refractivity contribution in [2.24, 2.45) is 0 Å². The lowest BCUT2D eigenvalue weighted by Gasteiger charge is -2.16. The molecule has 0 fully saturated rings. The molecule has 0 unspecified atom stereocenters. The second kappa shape index (κ2) is 20.6. The van der Waals surface area contributed by atoms with E-state index in [0.717, 1.165) is 59.9 Å². The molecule has 0 heterocycles. The van der Waals surface area contributed by atoms with Gasteiger partial charge < -0.3 is 29.2 Å². The molecule has 0 radical (unpaired) electrons. The molecular formula is C43H47FO8. The van der Waals surface area contributed by atoms with Gasteiger partial charge in [-0.3, -0.25) is 0 Å². The van der Waals surface area contributed by atoms with Crippen molar-refractivity contribution in [3.8, 4) is 44.9 Å². The average molecular weight is 711 g/mol. The average Bonchev–Trinajstić information content (AvgIpc) is 3.18. The molecule has 0 saturated heterocycles. The van der Waals surface area contributed by atoms with E-state index < -0.39 is 25.2 Å². The predicted molar refractivity (Wildman–Crippen MR) is 201 cm³/mol. The van der Waals surface area contributed by atoms with E-state index in [1.165, 1.54) is 0 Å². The summed E-state index contributed by atoms with van der Waals surface area (Å²) in [5.74, 6) is -0.366. The topological polar surface area (TPSA) is 112 Å². The molecule has 0 aliphatic heterocycles. The quantitative estimate of drug-likeness (QED) is 0.0505. The Balaban J connectivity index is 1.45. The van der Waals surface area contributed by atoms with Gasteiger partial charge in [-0.15, -0.1) is 0 Å². The summed E-state index contributed by atoms with van der Waals surface area (Å²) < 4.78 is 37.8. The van der Waals surface area contributed by atoms with E-state index in [1.54, 1.807) is 12.1 Å². The fourth-order valence-electron chi connectivity index (χ4n) is 5.50. The normalized spacial score (nSPS) is 10.8. The SMILES string of the molecule is C=C(CO)C(=O)OCCOc1ccc(-c2ccc(-c3ccc(-c4ccc(OCCOC(=O)C(=C)CO)cc4)c(F)c3CCCCCCC)cc2)cc1. The first-order valence-electron chi connectivity index (χ1n) is 17.6. The van der Waals surface area contributed by atoms with Crippen molar-refractivity contribution in [2.45, 2.75) is 45.4 Å². The maximum absolute atomic E-state index is 16.4. The Morgan fingerprint density at radius 3 is 1.50 bits per heavy atom. The molecule has 4 aromatic carbocycles. The maximum atomic E-state index is 16.4. The van der Waals surface area contributed by atoms with Crippen LogP contribution in [0.15, 0.2) is 109 Å². The summed E-state index contributed by atoms with van der Waals surface area (Å²) in [5.41, 5.74) is 5.71. The lowest BCUT2D eigenvalue weighted by Crippen LogP contribution is -2.14. The summed E-state index contributed by atoms with van der Waals surface area (Å²) in [5, 5.41) is 17.9. The van der Waals surface area contributed by atoms with Crippen LogP contribution in [0.4, 0.5) is 4.39 Å². The molecule has 274 valence electrons. The lowest BCUT2D eigenvalue weighted by molar-refractivity contribution is -0.141. The summed E-state index contributed by atoms with van der Waals surface area (Å²) in [6, 6.07) is 26.6. The number of hydrogen-bond donors (Lipinski definition) is 2. The highest BCUT2D eigenvalue weighted by Gasteiger charge is 2.17. The Bertz CT molecular complexity index is 1780. The number of esters is 2. The number of ether oxygens (including phenoxy) is 4. The first-order valence-corrected chi connectivity index (χ1v) is 17.6. The second-order valence-corrected chi connectivity index (χ2v) is 12.2. The predicted octanol–water partition coefficient (Wildman–Crippen LogP) is 8.28. The lowest BCUT2D eigenvalue weighted by atomic mass is 9.90. The second-order valence-electron chi connectivity index (χ2n) is 12.2. The number of halogens is 1. The highest BCUT2D eigenvalue weighted by molar-refractivity contribution is 5.88. The van der Waals surface area contributed by atoms with E-state index in [0.29, 0.717) is 29.0 Å². The van der Waals surface area contributed by atoms with Gasteiger partial charge in [0, 0.05) is 5.56 Å². The minimum absolute atomic E-state index is 0.00559. The maximum Gasteiger partial charge on any atom is 0.335 e. The molecule has 0 amide bonds. The fourth-order valence-corrected chi connectivity index (χ4v) is 5.50. The minimum Gasteiger partial charge on any atom is -0.490 e. The van der Waals surface area contributed by atoms with E-state index >= 15 is 4.39 Å². The highest BCUT2D eigenvalue weighted by Crippen LogP contribution is 2.35. The number of rotatable bonds is 21. The van der Waals surface area contributed by atoms with E-state index in [4.69, 9.17) is 29.2 Å². The number of hydrogen-bond acceptors (Lipinski definition) is 8. The Kier molecular flexibility index (Phi) is 15.6. The zero-order chi connectivity index (χ0) is 37.3. The summed E-state index contributed by atoms with van der Waals surface area (Å²) in [6.45, 7) is 8.46. The van der Waals surface area contributed by atoms with Gasteiger partial charge in [-0.25, -0.2) is 14.0 Å². The van der Waals surface area contributed by atoms with Crippen LogP contribution in [0, 0.1) is 5.82 Å². The van der Waals surface area contributed by atoms with Crippen LogP contribution < -0.4 is 9.47 Å². The molecule has 4 rings (SSSR count). The molecule has 8 nitrogen and oxygen atoms in total. The number of aliphatic hydroxyl groups is 2. The number of aliphatic hydroxyl groups excluding tert-OH is 2. The van der Waals surface area contributed by atoms with E-state index in [-0.39, 0.29) is 43.4 Å². The zero-order valence-corrected chi connectivity index (χ0v) is 29.7. The molecule has 0 saturated carbocycles. The van der Waals surface area contributed by atoms with Crippen molar-refractivity contribution in [2.75, 3.05) is 39.6 Å². The summed E-state index contributed by atoms with van der Waals surface area (Å²) >= 11 is 0. The third-order valence-corrected chi connectivity index (χ3v) is 8.45. The number of unbranched alkanes of at least 4 members (excludes halogenated alkanes) is 4. The smallest absolute Gasteiger partial charge is 0.335 e. The molecule has 0 atom stereocenters. The minimum atomic E-state index is -0.669. The van der Waals surface area contributed by atoms with Crippen LogP contribution in [-0.2, 0) is 25.5 Å². The van der Waals surface area contributed by atoms with Gasteiger partial charge in [0.05, 0.1) is 24.4 Å². The molecule has 0 spiro atoms. The molecule has 0 aromatic heterocycles. The van der Waals surface area contributed by atoms with Crippen LogP contribution in [0.3, 0.4) is 0 Å². The van der Waals surface area contributed by atoms with Crippen LogP contribution in [0.5, 0.6) is 11.5 Å². The Morgan fingerprint density at radius 2 is 1.00 bits per heavy atom. The van der Waals surface area contributed by atoms with E-state index in [1.807, 2.05) is 72.8 Å². The summed E-state index contributed by atoms with van der Waals surface area (Å²) in [4.78, 5) is 23.2. The standard InChI is InChI=1S/C43H47FO8/c1-4-5-6-7-8-9-40-38(22-23-39(41(40)44)35-16-20-37(21-17-35)50-25-27-52-43(48)31(3)29-46)34-12-10-32(11-13-34)33-14-18-36(19-15-33)49-24-26-51-42(47)30(2)28-45/h10-23,45-46H,2-9,24-29H2,1H3. The first-order chi connectivity index (χ1) is 25.2. The van der Waals surface area contributed by atoms with Crippen molar-refractivity contribution in [1.29, 1.82) is 0 Å². The fraction of sp³-hybridized carbons (Fsp3) is 0.302. The number of benzene rings is 4. The van der Waals surface area contributed by atoms with Gasteiger partial charge in [-0.2, -0.15) is 0 Å². The van der Waals surface area contributed by atoms with Crippen molar-refractivity contribution < 1.29 is 43.1 Å². The molecule has 4 aromatic rings. The molecule has 0 aliphatic carbocycles. The first kappa shape index (κ1) is 39.5. The molecule has 9 heteroatoms. The van der Waals surface area contributed by atoms with Crippen molar-refractivity contribution in [1.82, 2.24) is 0 Å². The van der Waals surface area contributed by atoms with Crippen LogP contribution in [-0.4, -0.2) is 61.8 Å². The van der Waals surface area contributed by atoms with Crippen LogP contribution in [0.25, 0.3) is 33.4 Å². The van der Waals surface area contributed by atoms with Crippen molar-refractivity contribution in [3.05, 3.63) is 121 Å². The van der Waals surface area contributed by atoms with E-state index in [2.05, 4.69) is 20.1 Å².